The lowest BCUT2D eigenvalue weighted by atomic mass is 10.2. The molecule has 0 aromatic carbocycles. The van der Waals surface area contributed by atoms with Gasteiger partial charge in [0.25, 0.3) is 0 Å². The summed E-state index contributed by atoms with van der Waals surface area (Å²) in [7, 11) is 0. The number of nitrogens with zero attached hydrogens (tertiary/aromatic N) is 3. The number of hydrogen-bond acceptors (Lipinski definition) is 3. The minimum absolute atomic E-state index is 0.286. The van der Waals surface area contributed by atoms with Crippen molar-refractivity contribution < 1.29 is 0 Å². The van der Waals surface area contributed by atoms with E-state index in [-0.39, 0.29) is 6.04 Å². The Hall–Kier alpha value is -1.68. The maximum Gasteiger partial charge on any atom is 0.0829 e. The van der Waals surface area contributed by atoms with Crippen LogP contribution in [0.4, 0.5) is 0 Å². The summed E-state index contributed by atoms with van der Waals surface area (Å²) < 4.78 is 1.84. The molecule has 0 fully saturated rings. The molecule has 2 heterocycles. The highest BCUT2D eigenvalue weighted by molar-refractivity contribution is 5.30. The van der Waals surface area contributed by atoms with Crippen LogP contribution in [-0.4, -0.2) is 21.3 Å². The second-order valence-electron chi connectivity index (χ2n) is 4.18. The maximum atomic E-state index is 4.46. The highest BCUT2D eigenvalue weighted by Gasteiger charge is 2.05. The number of aryl methyl sites for hydroxylation is 1. The highest BCUT2D eigenvalue weighted by Crippen LogP contribution is 2.12. The van der Waals surface area contributed by atoms with Crippen molar-refractivity contribution in [3.8, 4) is 5.69 Å². The Labute approximate surface area is 102 Å². The summed E-state index contributed by atoms with van der Waals surface area (Å²) in [6.07, 6.45) is 5.69. The zero-order chi connectivity index (χ0) is 12.3. The molecule has 2 rings (SSSR count). The van der Waals surface area contributed by atoms with Crippen molar-refractivity contribution in [1.82, 2.24) is 20.1 Å². The van der Waals surface area contributed by atoms with Crippen LogP contribution in [0.1, 0.15) is 31.1 Å². The third-order valence-electron chi connectivity index (χ3n) is 2.70. The van der Waals surface area contributed by atoms with Gasteiger partial charge in [-0.2, -0.15) is 5.10 Å². The Balaban J connectivity index is 2.18. The van der Waals surface area contributed by atoms with Gasteiger partial charge >= 0.3 is 0 Å². The lowest BCUT2D eigenvalue weighted by Crippen LogP contribution is -2.18. The molecule has 1 unspecified atom stereocenters. The Bertz CT molecular complexity index is 472. The molecule has 17 heavy (non-hydrogen) atoms. The third kappa shape index (κ3) is 2.71. The molecule has 1 N–H and O–H groups in total. The lowest BCUT2D eigenvalue weighted by Gasteiger charge is -2.11. The fourth-order valence-corrected chi connectivity index (χ4v) is 1.75. The number of pyridine rings is 1. The van der Waals surface area contributed by atoms with E-state index in [0.717, 1.165) is 23.5 Å². The van der Waals surface area contributed by atoms with Crippen molar-refractivity contribution in [3.63, 3.8) is 0 Å². The highest BCUT2D eigenvalue weighted by atomic mass is 15.3. The first-order valence-corrected chi connectivity index (χ1v) is 5.91. The number of nitrogens with one attached hydrogen (secondary N) is 1. The fourth-order valence-electron chi connectivity index (χ4n) is 1.75. The van der Waals surface area contributed by atoms with Gasteiger partial charge in [0.1, 0.15) is 0 Å². The minimum atomic E-state index is 0.286. The molecule has 0 aliphatic heterocycles. The average Bonchev–Trinajstić information content (AvgIpc) is 2.76. The van der Waals surface area contributed by atoms with E-state index in [2.05, 4.69) is 29.2 Å². The molecule has 0 aliphatic rings. The normalized spacial score (nSPS) is 12.6. The van der Waals surface area contributed by atoms with Crippen LogP contribution in [0.5, 0.6) is 0 Å². The van der Waals surface area contributed by atoms with Crippen LogP contribution in [0.25, 0.3) is 5.69 Å². The number of aromatic nitrogens is 3. The summed E-state index contributed by atoms with van der Waals surface area (Å²) in [5, 5.41) is 7.60. The fraction of sp³-hybridized carbons (Fsp3) is 0.385. The molecule has 2 aromatic heterocycles. The molecule has 0 bridgehead atoms. The van der Waals surface area contributed by atoms with E-state index in [1.54, 1.807) is 0 Å². The van der Waals surface area contributed by atoms with Crippen LogP contribution >= 0.6 is 0 Å². The predicted octanol–water partition coefficient (Wildman–Crippen LogP) is 2.25. The van der Waals surface area contributed by atoms with E-state index in [1.807, 2.05) is 42.3 Å². The van der Waals surface area contributed by atoms with Gasteiger partial charge in [0.15, 0.2) is 0 Å². The molecule has 0 radical (unpaired) electrons. The molecule has 0 amide bonds. The quantitative estimate of drug-likeness (QED) is 0.876. The molecule has 4 nitrogen and oxygen atoms in total. The van der Waals surface area contributed by atoms with Crippen LogP contribution in [0, 0.1) is 6.92 Å². The standard InChI is InChI=1S/C13H18N4/c1-4-14-11(3)13-6-5-12(8-15-13)17-9-10(2)7-16-17/h5-9,11,14H,4H2,1-3H3. The van der Waals surface area contributed by atoms with E-state index in [9.17, 15) is 0 Å². The average molecular weight is 230 g/mol. The summed E-state index contributed by atoms with van der Waals surface area (Å²) in [6, 6.07) is 4.37. The zero-order valence-corrected chi connectivity index (χ0v) is 10.5. The SMILES string of the molecule is CCNC(C)c1ccc(-n2cc(C)cn2)cn1. The molecule has 0 spiro atoms. The van der Waals surface area contributed by atoms with Gasteiger partial charge in [-0.15, -0.1) is 0 Å². The molecule has 1 atom stereocenters. The molecular formula is C13H18N4. The zero-order valence-electron chi connectivity index (χ0n) is 10.5. The van der Waals surface area contributed by atoms with Crippen molar-refractivity contribution in [2.24, 2.45) is 0 Å². The summed E-state index contributed by atoms with van der Waals surface area (Å²) in [5.74, 6) is 0. The van der Waals surface area contributed by atoms with Crippen LogP contribution in [0.2, 0.25) is 0 Å². The molecule has 0 saturated heterocycles. The summed E-state index contributed by atoms with van der Waals surface area (Å²) in [6.45, 7) is 7.18. The van der Waals surface area contributed by atoms with Crippen molar-refractivity contribution in [3.05, 3.63) is 42.0 Å². The lowest BCUT2D eigenvalue weighted by molar-refractivity contribution is 0.583. The molecule has 0 saturated carbocycles. The first-order chi connectivity index (χ1) is 8.20. The Morgan fingerprint density at radius 3 is 2.71 bits per heavy atom. The molecule has 90 valence electrons. The second-order valence-corrected chi connectivity index (χ2v) is 4.18. The number of rotatable bonds is 4. The van der Waals surface area contributed by atoms with E-state index in [1.165, 1.54) is 0 Å². The van der Waals surface area contributed by atoms with E-state index in [4.69, 9.17) is 0 Å². The summed E-state index contributed by atoms with van der Waals surface area (Å²) in [4.78, 5) is 4.46. The first-order valence-electron chi connectivity index (χ1n) is 5.91. The van der Waals surface area contributed by atoms with Gasteiger partial charge in [0.05, 0.1) is 23.8 Å². The van der Waals surface area contributed by atoms with E-state index < -0.39 is 0 Å². The minimum Gasteiger partial charge on any atom is -0.309 e. The smallest absolute Gasteiger partial charge is 0.0829 e. The topological polar surface area (TPSA) is 42.7 Å². The maximum absolute atomic E-state index is 4.46. The van der Waals surface area contributed by atoms with Gasteiger partial charge in [-0.1, -0.05) is 6.92 Å². The van der Waals surface area contributed by atoms with Crippen molar-refractivity contribution in [2.75, 3.05) is 6.54 Å². The van der Waals surface area contributed by atoms with E-state index >= 15 is 0 Å². The molecule has 2 aromatic rings. The Morgan fingerprint density at radius 1 is 1.35 bits per heavy atom. The molecule has 0 aliphatic carbocycles. The van der Waals surface area contributed by atoms with Gasteiger partial charge in [-0.25, -0.2) is 4.68 Å². The van der Waals surface area contributed by atoms with Gasteiger partial charge in [0, 0.05) is 12.2 Å². The Kier molecular flexibility index (Phi) is 3.54. The van der Waals surface area contributed by atoms with E-state index in [0.29, 0.717) is 0 Å². The summed E-state index contributed by atoms with van der Waals surface area (Å²) >= 11 is 0. The molecular weight excluding hydrogens is 212 g/mol. The summed E-state index contributed by atoms with van der Waals surface area (Å²) in [5.41, 5.74) is 3.19. The predicted molar refractivity (Wildman–Crippen MR) is 68.2 cm³/mol. The van der Waals surface area contributed by atoms with Crippen molar-refractivity contribution in [2.45, 2.75) is 26.8 Å². The van der Waals surface area contributed by atoms with Crippen LogP contribution in [0.15, 0.2) is 30.7 Å². The largest absolute Gasteiger partial charge is 0.309 e. The van der Waals surface area contributed by atoms with Gasteiger partial charge in [0.2, 0.25) is 0 Å². The third-order valence-corrected chi connectivity index (χ3v) is 2.70. The van der Waals surface area contributed by atoms with Gasteiger partial charge < -0.3 is 5.32 Å². The number of hydrogen-bond donors (Lipinski definition) is 1. The Morgan fingerprint density at radius 2 is 2.18 bits per heavy atom. The van der Waals surface area contributed by atoms with Crippen LogP contribution < -0.4 is 5.32 Å². The second kappa shape index (κ2) is 5.10. The molecule has 4 heteroatoms. The van der Waals surface area contributed by atoms with Crippen molar-refractivity contribution >= 4 is 0 Å². The van der Waals surface area contributed by atoms with Crippen molar-refractivity contribution in [1.29, 1.82) is 0 Å². The van der Waals surface area contributed by atoms with Crippen LogP contribution in [0.3, 0.4) is 0 Å². The monoisotopic (exact) mass is 230 g/mol. The van der Waals surface area contributed by atoms with Gasteiger partial charge in [-0.05, 0) is 38.1 Å². The van der Waals surface area contributed by atoms with Crippen LogP contribution in [-0.2, 0) is 0 Å². The first kappa shape index (κ1) is 11.8. The van der Waals surface area contributed by atoms with Gasteiger partial charge in [-0.3, -0.25) is 4.98 Å².